The fraction of sp³-hybridized carbons (Fsp3) is 0.619. The minimum Gasteiger partial charge on any atom is -0.484 e. The second kappa shape index (κ2) is 4.80. The number of aliphatic hydroxyl groups excluding tert-OH is 1. The zero-order chi connectivity index (χ0) is 17.6. The summed E-state index contributed by atoms with van der Waals surface area (Å²) >= 11 is 0. The molecule has 1 fully saturated rings. The molecule has 0 aromatic heterocycles. The van der Waals surface area contributed by atoms with Gasteiger partial charge in [0.05, 0.1) is 0 Å². The summed E-state index contributed by atoms with van der Waals surface area (Å²) in [6.07, 6.45) is 5.51. The third kappa shape index (κ3) is 1.95. The molecule has 25 heavy (non-hydrogen) atoms. The smallest absolute Gasteiger partial charge is 0.166 e. The van der Waals surface area contributed by atoms with Gasteiger partial charge in [-0.15, -0.1) is 0 Å². The molecule has 3 unspecified atom stereocenters. The predicted molar refractivity (Wildman–Crippen MR) is 96.3 cm³/mol. The lowest BCUT2D eigenvalue weighted by Gasteiger charge is -2.56. The van der Waals surface area contributed by atoms with E-state index in [9.17, 15) is 5.11 Å². The van der Waals surface area contributed by atoms with Crippen molar-refractivity contribution < 1.29 is 14.6 Å². The molecule has 1 aromatic carbocycles. The molecule has 2 heterocycles. The van der Waals surface area contributed by atoms with Crippen LogP contribution in [-0.4, -0.2) is 47.4 Å². The number of benzene rings is 1. The standard InChI is InChI=1S/C21H27NO3/c1-20(2,3)25-16-8-5-12-11-14-13-6-7-15(23)19-21(13,9-10-22(14)4)17(12)18(16)24-19/h5-8,13-15,19,23H,9-11H2,1-4H3/t13?,14?,15-,19-,21?/m0/s1. The van der Waals surface area contributed by atoms with Gasteiger partial charge in [0.2, 0.25) is 0 Å². The molecule has 2 aliphatic heterocycles. The van der Waals surface area contributed by atoms with Crippen molar-refractivity contribution in [1.82, 2.24) is 4.90 Å². The molecule has 134 valence electrons. The zero-order valence-electron chi connectivity index (χ0n) is 15.5. The monoisotopic (exact) mass is 341 g/mol. The Kier molecular flexibility index (Phi) is 3.02. The molecule has 5 atom stereocenters. The summed E-state index contributed by atoms with van der Waals surface area (Å²) in [4.78, 5) is 2.48. The van der Waals surface area contributed by atoms with Crippen molar-refractivity contribution >= 4 is 0 Å². The molecule has 1 saturated heterocycles. The van der Waals surface area contributed by atoms with Crippen LogP contribution in [0.1, 0.15) is 38.3 Å². The third-order valence-electron chi connectivity index (χ3n) is 6.55. The van der Waals surface area contributed by atoms with Crippen LogP contribution in [0.25, 0.3) is 0 Å². The van der Waals surface area contributed by atoms with Crippen LogP contribution in [-0.2, 0) is 11.8 Å². The van der Waals surface area contributed by atoms with Gasteiger partial charge in [-0.2, -0.15) is 0 Å². The summed E-state index contributed by atoms with van der Waals surface area (Å²) in [6, 6.07) is 4.76. The maximum atomic E-state index is 10.7. The molecule has 0 saturated carbocycles. The fourth-order valence-electron chi connectivity index (χ4n) is 5.64. The molecule has 5 rings (SSSR count). The van der Waals surface area contributed by atoms with E-state index in [2.05, 4.69) is 50.9 Å². The van der Waals surface area contributed by atoms with Crippen LogP contribution in [0.4, 0.5) is 0 Å². The van der Waals surface area contributed by atoms with E-state index < -0.39 is 6.10 Å². The Morgan fingerprint density at radius 3 is 2.84 bits per heavy atom. The zero-order valence-corrected chi connectivity index (χ0v) is 15.5. The summed E-state index contributed by atoms with van der Waals surface area (Å²) in [5.74, 6) is 2.10. The van der Waals surface area contributed by atoms with Crippen LogP contribution in [0.2, 0.25) is 0 Å². The number of piperidine rings is 1. The topological polar surface area (TPSA) is 41.9 Å². The highest BCUT2D eigenvalue weighted by atomic mass is 16.5. The Labute approximate surface area is 149 Å². The van der Waals surface area contributed by atoms with Crippen molar-refractivity contribution in [3.8, 4) is 11.5 Å². The number of hydrogen-bond acceptors (Lipinski definition) is 4. The third-order valence-corrected chi connectivity index (χ3v) is 6.55. The SMILES string of the molecule is CN1CCC23c4c5ccc(OC(C)(C)C)c4O[C@H]2[C@@H](O)C=CC3C1C5. The van der Waals surface area contributed by atoms with Gasteiger partial charge in [-0.05, 0) is 58.8 Å². The van der Waals surface area contributed by atoms with E-state index in [1.807, 2.05) is 6.08 Å². The first kappa shape index (κ1) is 15.7. The van der Waals surface area contributed by atoms with Crippen molar-refractivity contribution in [1.29, 1.82) is 0 Å². The predicted octanol–water partition coefficient (Wildman–Crippen LogP) is 2.67. The molecule has 0 radical (unpaired) electrons. The van der Waals surface area contributed by atoms with E-state index in [1.165, 1.54) is 11.1 Å². The second-order valence-corrected chi connectivity index (χ2v) is 9.12. The maximum absolute atomic E-state index is 10.7. The molecule has 1 N–H and O–H groups in total. The Morgan fingerprint density at radius 2 is 2.08 bits per heavy atom. The quantitative estimate of drug-likeness (QED) is 0.798. The lowest BCUT2D eigenvalue weighted by Crippen LogP contribution is -2.64. The summed E-state index contributed by atoms with van der Waals surface area (Å²) in [7, 11) is 2.23. The highest BCUT2D eigenvalue weighted by molar-refractivity contribution is 5.62. The average Bonchev–Trinajstić information content (AvgIpc) is 2.88. The molecular weight excluding hydrogens is 314 g/mol. The van der Waals surface area contributed by atoms with E-state index >= 15 is 0 Å². The maximum Gasteiger partial charge on any atom is 0.166 e. The highest BCUT2D eigenvalue weighted by Crippen LogP contribution is 2.62. The van der Waals surface area contributed by atoms with E-state index in [1.54, 1.807) is 0 Å². The van der Waals surface area contributed by atoms with Gasteiger partial charge in [0.25, 0.3) is 0 Å². The molecule has 2 bridgehead atoms. The first-order valence-electron chi connectivity index (χ1n) is 9.40. The summed E-state index contributed by atoms with van der Waals surface area (Å²) in [6.45, 7) is 7.23. The van der Waals surface area contributed by atoms with Crippen LogP contribution >= 0.6 is 0 Å². The van der Waals surface area contributed by atoms with Gasteiger partial charge in [0, 0.05) is 22.9 Å². The Bertz CT molecular complexity index is 765. The van der Waals surface area contributed by atoms with Gasteiger partial charge in [-0.3, -0.25) is 0 Å². The second-order valence-electron chi connectivity index (χ2n) is 9.12. The molecule has 0 amide bonds. The van der Waals surface area contributed by atoms with Crippen molar-refractivity contribution in [2.24, 2.45) is 5.92 Å². The van der Waals surface area contributed by atoms with E-state index in [4.69, 9.17) is 9.47 Å². The lowest BCUT2D eigenvalue weighted by atomic mass is 9.53. The number of aliphatic hydroxyl groups is 1. The van der Waals surface area contributed by atoms with Gasteiger partial charge < -0.3 is 19.5 Å². The first-order chi connectivity index (χ1) is 11.8. The van der Waals surface area contributed by atoms with Gasteiger partial charge in [-0.25, -0.2) is 0 Å². The molecular formula is C21H27NO3. The van der Waals surface area contributed by atoms with Crippen molar-refractivity contribution in [3.05, 3.63) is 35.4 Å². The Hall–Kier alpha value is -1.52. The van der Waals surface area contributed by atoms with Crippen LogP contribution in [0, 0.1) is 5.92 Å². The highest BCUT2D eigenvalue weighted by Gasteiger charge is 2.64. The lowest BCUT2D eigenvalue weighted by molar-refractivity contribution is -0.0457. The molecule has 1 spiro atoms. The Balaban J connectivity index is 1.73. The number of nitrogens with zero attached hydrogens (tertiary/aromatic N) is 1. The van der Waals surface area contributed by atoms with Crippen LogP contribution in [0.3, 0.4) is 0 Å². The van der Waals surface area contributed by atoms with Crippen LogP contribution in [0.15, 0.2) is 24.3 Å². The number of likely N-dealkylation sites (N-methyl/N-ethyl adjacent to an activating group) is 1. The van der Waals surface area contributed by atoms with Gasteiger partial charge in [0.15, 0.2) is 11.5 Å². The number of rotatable bonds is 1. The average molecular weight is 341 g/mol. The minimum absolute atomic E-state index is 0.106. The number of likely N-dealkylation sites (tertiary alicyclic amines) is 1. The number of ether oxygens (including phenoxy) is 2. The molecule has 4 heteroatoms. The summed E-state index contributed by atoms with van der Waals surface area (Å²) < 4.78 is 12.7. The summed E-state index contributed by atoms with van der Waals surface area (Å²) in [5, 5.41) is 10.7. The van der Waals surface area contributed by atoms with Crippen LogP contribution in [0.5, 0.6) is 11.5 Å². The van der Waals surface area contributed by atoms with Gasteiger partial charge >= 0.3 is 0 Å². The summed E-state index contributed by atoms with van der Waals surface area (Å²) in [5.41, 5.74) is 2.30. The van der Waals surface area contributed by atoms with E-state index in [0.717, 1.165) is 30.9 Å². The number of hydrogen-bond donors (Lipinski definition) is 1. The van der Waals surface area contributed by atoms with Gasteiger partial charge in [0.1, 0.15) is 17.8 Å². The van der Waals surface area contributed by atoms with Crippen molar-refractivity contribution in [2.75, 3.05) is 13.6 Å². The van der Waals surface area contributed by atoms with E-state index in [-0.39, 0.29) is 17.1 Å². The Morgan fingerprint density at radius 1 is 1.28 bits per heavy atom. The van der Waals surface area contributed by atoms with Gasteiger partial charge in [-0.1, -0.05) is 18.2 Å². The van der Waals surface area contributed by atoms with Crippen molar-refractivity contribution in [3.63, 3.8) is 0 Å². The fourth-order valence-corrected chi connectivity index (χ4v) is 5.64. The normalized spacial score (nSPS) is 38.3. The van der Waals surface area contributed by atoms with Crippen molar-refractivity contribution in [2.45, 2.75) is 62.9 Å². The molecule has 2 aliphatic carbocycles. The van der Waals surface area contributed by atoms with Crippen LogP contribution < -0.4 is 9.47 Å². The molecule has 1 aromatic rings. The molecule has 4 aliphatic rings. The minimum atomic E-state index is -0.554. The molecule has 4 nitrogen and oxygen atoms in total. The van der Waals surface area contributed by atoms with E-state index in [0.29, 0.717) is 12.0 Å². The first-order valence-corrected chi connectivity index (χ1v) is 9.40. The largest absolute Gasteiger partial charge is 0.484 e.